The van der Waals surface area contributed by atoms with Gasteiger partial charge >= 0.3 is 0 Å². The summed E-state index contributed by atoms with van der Waals surface area (Å²) < 4.78 is 23.6. The van der Waals surface area contributed by atoms with Crippen molar-refractivity contribution in [3.05, 3.63) is 83.4 Å². The number of rotatable bonds is 4. The fourth-order valence-corrected chi connectivity index (χ4v) is 4.25. The van der Waals surface area contributed by atoms with E-state index in [1.165, 1.54) is 23.4 Å². The molecule has 0 spiro atoms. The van der Waals surface area contributed by atoms with Gasteiger partial charge in [0.25, 0.3) is 5.91 Å². The summed E-state index contributed by atoms with van der Waals surface area (Å²) in [6.07, 6.45) is 2.15. The zero-order valence-electron chi connectivity index (χ0n) is 16.3. The first-order valence-electron chi connectivity index (χ1n) is 9.40. The summed E-state index contributed by atoms with van der Waals surface area (Å²) in [5, 5.41) is 2.86. The van der Waals surface area contributed by atoms with Gasteiger partial charge in [0.05, 0.1) is 4.90 Å². The normalized spacial score (nSPS) is 13.2. The molecule has 4 rings (SSSR count). The fourth-order valence-electron chi connectivity index (χ4n) is 3.61. The number of hydrogen-bond donors (Lipinski definition) is 1. The van der Waals surface area contributed by atoms with Gasteiger partial charge in [-0.2, -0.15) is 0 Å². The van der Waals surface area contributed by atoms with Crippen LogP contribution in [0.1, 0.15) is 21.5 Å². The van der Waals surface area contributed by atoms with Crippen LogP contribution in [0.25, 0.3) is 0 Å². The molecule has 0 aromatic heterocycles. The van der Waals surface area contributed by atoms with Crippen LogP contribution in [0.15, 0.2) is 71.6 Å². The van der Waals surface area contributed by atoms with Crippen molar-refractivity contribution in [3.63, 3.8) is 0 Å². The lowest BCUT2D eigenvalue weighted by atomic mass is 10.1. The summed E-state index contributed by atoms with van der Waals surface area (Å²) in [5.74, 6) is -0.327. The topological polar surface area (TPSA) is 66.5 Å². The minimum Gasteiger partial charge on any atom is -0.341 e. The minimum absolute atomic E-state index is 0.135. The van der Waals surface area contributed by atoms with E-state index in [9.17, 15) is 13.2 Å². The number of para-hydroxylation sites is 1. The SMILES string of the molecule is Cc1ccc(S(C)(=O)=O)cc1C(=O)Nc1ccc(N2CCc3ccccc32)cc1. The van der Waals surface area contributed by atoms with Gasteiger partial charge < -0.3 is 10.2 Å². The van der Waals surface area contributed by atoms with E-state index in [0.717, 1.165) is 30.5 Å². The third-order valence-electron chi connectivity index (χ3n) is 5.21. The average Bonchev–Trinajstić information content (AvgIpc) is 3.12. The minimum atomic E-state index is -3.37. The predicted molar refractivity (Wildman–Crippen MR) is 116 cm³/mol. The van der Waals surface area contributed by atoms with Crippen LogP contribution in [0, 0.1) is 6.92 Å². The van der Waals surface area contributed by atoms with Gasteiger partial charge in [0, 0.05) is 35.4 Å². The smallest absolute Gasteiger partial charge is 0.255 e. The van der Waals surface area contributed by atoms with E-state index in [2.05, 4.69) is 28.4 Å². The Hall–Kier alpha value is -3.12. The van der Waals surface area contributed by atoms with Gasteiger partial charge in [-0.3, -0.25) is 4.79 Å². The standard InChI is InChI=1S/C23H22N2O3S/c1-16-7-12-20(29(2,27)28)15-21(16)23(26)24-18-8-10-19(11-9-18)25-14-13-17-5-3-4-6-22(17)25/h3-12,15H,13-14H2,1-2H3,(H,24,26). The Balaban J connectivity index is 1.54. The second-order valence-electron chi connectivity index (χ2n) is 7.28. The lowest BCUT2D eigenvalue weighted by Crippen LogP contribution is -2.15. The van der Waals surface area contributed by atoms with Crippen molar-refractivity contribution in [1.82, 2.24) is 0 Å². The van der Waals surface area contributed by atoms with Gasteiger partial charge in [-0.25, -0.2) is 8.42 Å². The molecule has 0 unspecified atom stereocenters. The van der Waals surface area contributed by atoms with Crippen molar-refractivity contribution in [1.29, 1.82) is 0 Å². The molecule has 5 nitrogen and oxygen atoms in total. The summed E-state index contributed by atoms with van der Waals surface area (Å²) >= 11 is 0. The van der Waals surface area contributed by atoms with Crippen LogP contribution in [0.5, 0.6) is 0 Å². The molecule has 0 fully saturated rings. The summed E-state index contributed by atoms with van der Waals surface area (Å²) in [6, 6.07) is 20.7. The number of aryl methyl sites for hydroxylation is 1. The van der Waals surface area contributed by atoms with Crippen LogP contribution in [0.4, 0.5) is 17.1 Å². The van der Waals surface area contributed by atoms with Gasteiger partial charge in [0.2, 0.25) is 0 Å². The zero-order chi connectivity index (χ0) is 20.6. The molecule has 0 radical (unpaired) electrons. The molecular weight excluding hydrogens is 384 g/mol. The number of fused-ring (bicyclic) bond motifs is 1. The van der Waals surface area contributed by atoms with Gasteiger partial charge in [-0.05, 0) is 66.9 Å². The van der Waals surface area contributed by atoms with Crippen LogP contribution in [-0.2, 0) is 16.3 Å². The van der Waals surface area contributed by atoms with Crippen molar-refractivity contribution < 1.29 is 13.2 Å². The number of benzene rings is 3. The van der Waals surface area contributed by atoms with E-state index >= 15 is 0 Å². The Morgan fingerprint density at radius 1 is 1.00 bits per heavy atom. The van der Waals surface area contributed by atoms with Gasteiger partial charge in [-0.15, -0.1) is 0 Å². The Morgan fingerprint density at radius 2 is 1.72 bits per heavy atom. The van der Waals surface area contributed by atoms with Crippen molar-refractivity contribution in [2.75, 3.05) is 23.0 Å². The highest BCUT2D eigenvalue weighted by Gasteiger charge is 2.20. The van der Waals surface area contributed by atoms with Crippen LogP contribution >= 0.6 is 0 Å². The molecule has 1 amide bonds. The molecule has 148 valence electrons. The molecule has 0 atom stereocenters. The first-order chi connectivity index (χ1) is 13.8. The Bertz CT molecular complexity index is 1180. The highest BCUT2D eigenvalue weighted by Crippen LogP contribution is 2.34. The Morgan fingerprint density at radius 3 is 2.45 bits per heavy atom. The second kappa shape index (κ2) is 7.37. The maximum atomic E-state index is 12.7. The number of carbonyl (C=O) groups is 1. The first-order valence-corrected chi connectivity index (χ1v) is 11.3. The summed E-state index contributed by atoms with van der Waals surface area (Å²) in [4.78, 5) is 15.1. The Labute approximate surface area is 170 Å². The summed E-state index contributed by atoms with van der Waals surface area (Å²) in [6.45, 7) is 2.72. The molecule has 1 aliphatic heterocycles. The molecule has 29 heavy (non-hydrogen) atoms. The number of hydrogen-bond acceptors (Lipinski definition) is 4. The number of nitrogens with zero attached hydrogens (tertiary/aromatic N) is 1. The molecule has 3 aromatic carbocycles. The second-order valence-corrected chi connectivity index (χ2v) is 9.30. The number of amides is 1. The quantitative estimate of drug-likeness (QED) is 0.700. The van der Waals surface area contributed by atoms with E-state index in [-0.39, 0.29) is 10.8 Å². The highest BCUT2D eigenvalue weighted by molar-refractivity contribution is 7.90. The molecule has 0 saturated heterocycles. The largest absolute Gasteiger partial charge is 0.341 e. The third-order valence-corrected chi connectivity index (χ3v) is 6.32. The number of anilines is 3. The van der Waals surface area contributed by atoms with Gasteiger partial charge in [0.15, 0.2) is 9.84 Å². The predicted octanol–water partition coefficient (Wildman–Crippen LogP) is 4.35. The molecule has 1 N–H and O–H groups in total. The van der Waals surface area contributed by atoms with Crippen molar-refractivity contribution in [3.8, 4) is 0 Å². The van der Waals surface area contributed by atoms with Crippen molar-refractivity contribution in [2.24, 2.45) is 0 Å². The lowest BCUT2D eigenvalue weighted by Gasteiger charge is -2.20. The third kappa shape index (κ3) is 3.89. The maximum Gasteiger partial charge on any atom is 0.255 e. The number of nitrogens with one attached hydrogen (secondary N) is 1. The average molecular weight is 407 g/mol. The van der Waals surface area contributed by atoms with Crippen LogP contribution in [-0.4, -0.2) is 27.1 Å². The molecule has 3 aromatic rings. The molecule has 1 aliphatic rings. The van der Waals surface area contributed by atoms with Crippen molar-refractivity contribution >= 4 is 32.8 Å². The fraction of sp³-hybridized carbons (Fsp3) is 0.174. The highest BCUT2D eigenvalue weighted by atomic mass is 32.2. The zero-order valence-corrected chi connectivity index (χ0v) is 17.2. The molecule has 6 heteroatoms. The van der Waals surface area contributed by atoms with Gasteiger partial charge in [0.1, 0.15) is 0 Å². The van der Waals surface area contributed by atoms with E-state index in [0.29, 0.717) is 11.3 Å². The van der Waals surface area contributed by atoms with E-state index in [1.807, 2.05) is 30.3 Å². The molecule has 1 heterocycles. The van der Waals surface area contributed by atoms with E-state index < -0.39 is 9.84 Å². The summed E-state index contributed by atoms with van der Waals surface area (Å²) in [5.41, 5.74) is 5.37. The molecule has 0 bridgehead atoms. The van der Waals surface area contributed by atoms with E-state index in [1.54, 1.807) is 13.0 Å². The summed E-state index contributed by atoms with van der Waals surface area (Å²) in [7, 11) is -3.37. The number of sulfone groups is 1. The lowest BCUT2D eigenvalue weighted by molar-refractivity contribution is 0.102. The maximum absolute atomic E-state index is 12.7. The van der Waals surface area contributed by atoms with Crippen molar-refractivity contribution in [2.45, 2.75) is 18.2 Å². The first kappa shape index (κ1) is 19.2. The Kier molecular flexibility index (Phi) is 4.88. The monoisotopic (exact) mass is 406 g/mol. The van der Waals surface area contributed by atoms with E-state index in [4.69, 9.17) is 0 Å². The number of carbonyl (C=O) groups excluding carboxylic acids is 1. The molecular formula is C23H22N2O3S. The molecule has 0 saturated carbocycles. The van der Waals surface area contributed by atoms with Crippen LogP contribution < -0.4 is 10.2 Å². The van der Waals surface area contributed by atoms with Crippen LogP contribution in [0.3, 0.4) is 0 Å². The molecule has 0 aliphatic carbocycles. The van der Waals surface area contributed by atoms with Gasteiger partial charge in [-0.1, -0.05) is 24.3 Å². The van der Waals surface area contributed by atoms with Crippen LogP contribution in [0.2, 0.25) is 0 Å².